The summed E-state index contributed by atoms with van der Waals surface area (Å²) in [6, 6.07) is 4.07. The van der Waals surface area contributed by atoms with Gasteiger partial charge < -0.3 is 15.4 Å². The first kappa shape index (κ1) is 11.4. The number of pyridine rings is 1. The number of aromatic nitrogens is 1. The second-order valence-electron chi connectivity index (χ2n) is 4.75. The van der Waals surface area contributed by atoms with E-state index in [1.165, 1.54) is 0 Å². The Morgan fingerprint density at radius 2 is 2.31 bits per heavy atom. The van der Waals surface area contributed by atoms with Gasteiger partial charge in [-0.1, -0.05) is 6.07 Å². The highest BCUT2D eigenvalue weighted by Crippen LogP contribution is 2.25. The molecule has 88 valence electrons. The van der Waals surface area contributed by atoms with Crippen LogP contribution in [-0.4, -0.2) is 30.3 Å². The zero-order valence-electron chi connectivity index (χ0n) is 9.94. The molecule has 1 aromatic heterocycles. The van der Waals surface area contributed by atoms with E-state index in [1.807, 2.05) is 18.3 Å². The SMILES string of the molecule is CC1(C)COCCN1c1ccc(CN)cn1. The quantitative estimate of drug-likeness (QED) is 0.814. The zero-order chi connectivity index (χ0) is 11.6. The second-order valence-corrected chi connectivity index (χ2v) is 4.75. The highest BCUT2D eigenvalue weighted by molar-refractivity contribution is 5.43. The molecule has 0 bridgehead atoms. The lowest BCUT2D eigenvalue weighted by Gasteiger charge is -2.43. The van der Waals surface area contributed by atoms with E-state index in [9.17, 15) is 0 Å². The molecule has 0 atom stereocenters. The van der Waals surface area contributed by atoms with E-state index in [0.29, 0.717) is 6.54 Å². The maximum Gasteiger partial charge on any atom is 0.129 e. The summed E-state index contributed by atoms with van der Waals surface area (Å²) in [6.07, 6.45) is 1.85. The molecule has 4 heteroatoms. The molecule has 2 rings (SSSR count). The zero-order valence-corrected chi connectivity index (χ0v) is 9.94. The van der Waals surface area contributed by atoms with Crippen molar-refractivity contribution in [3.8, 4) is 0 Å². The van der Waals surface area contributed by atoms with E-state index in [-0.39, 0.29) is 5.54 Å². The Morgan fingerprint density at radius 3 is 2.88 bits per heavy atom. The predicted molar refractivity (Wildman–Crippen MR) is 64.4 cm³/mol. The van der Waals surface area contributed by atoms with E-state index in [4.69, 9.17) is 10.5 Å². The van der Waals surface area contributed by atoms with E-state index < -0.39 is 0 Å². The standard InChI is InChI=1S/C12H19N3O/c1-12(2)9-16-6-5-15(12)11-4-3-10(7-13)8-14-11/h3-4,8H,5-7,9,13H2,1-2H3. The number of hydrogen-bond donors (Lipinski definition) is 1. The van der Waals surface area contributed by atoms with E-state index >= 15 is 0 Å². The summed E-state index contributed by atoms with van der Waals surface area (Å²) >= 11 is 0. The van der Waals surface area contributed by atoms with Gasteiger partial charge >= 0.3 is 0 Å². The highest BCUT2D eigenvalue weighted by Gasteiger charge is 2.31. The minimum atomic E-state index is 0.00941. The van der Waals surface area contributed by atoms with Gasteiger partial charge in [0.2, 0.25) is 0 Å². The van der Waals surface area contributed by atoms with Crippen LogP contribution < -0.4 is 10.6 Å². The Balaban J connectivity index is 2.21. The topological polar surface area (TPSA) is 51.4 Å². The fourth-order valence-corrected chi connectivity index (χ4v) is 1.98. The Hall–Kier alpha value is -1.13. The van der Waals surface area contributed by atoms with Gasteiger partial charge in [0, 0.05) is 19.3 Å². The van der Waals surface area contributed by atoms with Crippen molar-refractivity contribution >= 4 is 5.82 Å². The molecule has 1 aromatic rings. The van der Waals surface area contributed by atoms with Gasteiger partial charge in [-0.25, -0.2) is 4.98 Å². The first-order valence-corrected chi connectivity index (χ1v) is 5.64. The molecule has 0 amide bonds. The minimum absolute atomic E-state index is 0.00941. The first-order chi connectivity index (χ1) is 7.63. The smallest absolute Gasteiger partial charge is 0.129 e. The van der Waals surface area contributed by atoms with Crippen molar-refractivity contribution < 1.29 is 4.74 Å². The number of nitrogens with two attached hydrogens (primary N) is 1. The van der Waals surface area contributed by atoms with Crippen LogP contribution in [0.25, 0.3) is 0 Å². The summed E-state index contributed by atoms with van der Waals surface area (Å²) in [5, 5.41) is 0. The molecule has 4 nitrogen and oxygen atoms in total. The van der Waals surface area contributed by atoms with Crippen molar-refractivity contribution in [2.75, 3.05) is 24.7 Å². The number of hydrogen-bond acceptors (Lipinski definition) is 4. The van der Waals surface area contributed by atoms with Crippen molar-refractivity contribution in [1.82, 2.24) is 4.98 Å². The first-order valence-electron chi connectivity index (χ1n) is 5.64. The summed E-state index contributed by atoms with van der Waals surface area (Å²) < 4.78 is 5.49. The Morgan fingerprint density at radius 1 is 1.50 bits per heavy atom. The van der Waals surface area contributed by atoms with Crippen molar-refractivity contribution in [3.05, 3.63) is 23.9 Å². The number of morpholine rings is 1. The van der Waals surface area contributed by atoms with Gasteiger partial charge in [-0.05, 0) is 25.5 Å². The molecule has 1 aliphatic heterocycles. The summed E-state index contributed by atoms with van der Waals surface area (Å²) in [6.45, 7) is 7.29. The third-order valence-corrected chi connectivity index (χ3v) is 2.97. The predicted octanol–water partition coefficient (Wildman–Crippen LogP) is 1.16. The van der Waals surface area contributed by atoms with Gasteiger partial charge in [0.05, 0.1) is 18.8 Å². The molecule has 16 heavy (non-hydrogen) atoms. The Kier molecular flexibility index (Phi) is 3.12. The molecule has 1 fully saturated rings. The van der Waals surface area contributed by atoms with Crippen LogP contribution in [0.2, 0.25) is 0 Å². The van der Waals surface area contributed by atoms with Crippen molar-refractivity contribution in [2.45, 2.75) is 25.9 Å². The second kappa shape index (κ2) is 4.39. The Labute approximate surface area is 96.4 Å². The van der Waals surface area contributed by atoms with Gasteiger partial charge in [-0.2, -0.15) is 0 Å². The number of nitrogens with zero attached hydrogens (tertiary/aromatic N) is 2. The lowest BCUT2D eigenvalue weighted by molar-refractivity contribution is 0.0639. The van der Waals surface area contributed by atoms with Gasteiger partial charge in [-0.3, -0.25) is 0 Å². The fraction of sp³-hybridized carbons (Fsp3) is 0.583. The summed E-state index contributed by atoms with van der Waals surface area (Å²) in [5.41, 5.74) is 6.63. The summed E-state index contributed by atoms with van der Waals surface area (Å²) in [5.74, 6) is 1.01. The molecule has 1 saturated heterocycles. The molecular weight excluding hydrogens is 202 g/mol. The minimum Gasteiger partial charge on any atom is -0.377 e. The van der Waals surface area contributed by atoms with E-state index in [0.717, 1.165) is 31.1 Å². The molecule has 2 heterocycles. The van der Waals surface area contributed by atoms with Gasteiger partial charge in [-0.15, -0.1) is 0 Å². The van der Waals surface area contributed by atoms with Gasteiger partial charge in [0.1, 0.15) is 5.82 Å². The molecular formula is C12H19N3O. The molecule has 0 aliphatic carbocycles. The molecule has 2 N–H and O–H groups in total. The van der Waals surface area contributed by atoms with Crippen LogP contribution >= 0.6 is 0 Å². The normalized spacial score (nSPS) is 19.8. The molecule has 0 aromatic carbocycles. The lowest BCUT2D eigenvalue weighted by Crippen LogP contribution is -2.53. The third kappa shape index (κ3) is 2.18. The largest absolute Gasteiger partial charge is 0.377 e. The van der Waals surface area contributed by atoms with E-state index in [2.05, 4.69) is 23.7 Å². The van der Waals surface area contributed by atoms with Crippen LogP contribution in [0.3, 0.4) is 0 Å². The number of ether oxygens (including phenoxy) is 1. The maximum absolute atomic E-state index is 5.56. The molecule has 1 aliphatic rings. The van der Waals surface area contributed by atoms with Crippen molar-refractivity contribution in [3.63, 3.8) is 0 Å². The molecule has 0 spiro atoms. The van der Waals surface area contributed by atoms with Crippen molar-refractivity contribution in [2.24, 2.45) is 5.73 Å². The van der Waals surface area contributed by atoms with Crippen LogP contribution in [-0.2, 0) is 11.3 Å². The monoisotopic (exact) mass is 221 g/mol. The summed E-state index contributed by atoms with van der Waals surface area (Å²) in [7, 11) is 0. The maximum atomic E-state index is 5.56. The summed E-state index contributed by atoms with van der Waals surface area (Å²) in [4.78, 5) is 6.75. The number of anilines is 1. The lowest BCUT2D eigenvalue weighted by atomic mass is 10.0. The molecule has 0 unspecified atom stereocenters. The number of rotatable bonds is 2. The van der Waals surface area contributed by atoms with Gasteiger partial charge in [0.25, 0.3) is 0 Å². The van der Waals surface area contributed by atoms with Crippen LogP contribution in [0, 0.1) is 0 Å². The van der Waals surface area contributed by atoms with Crippen LogP contribution in [0.15, 0.2) is 18.3 Å². The Bertz CT molecular complexity index is 348. The highest BCUT2D eigenvalue weighted by atomic mass is 16.5. The molecule has 0 radical (unpaired) electrons. The fourth-order valence-electron chi connectivity index (χ4n) is 1.98. The van der Waals surface area contributed by atoms with E-state index in [1.54, 1.807) is 0 Å². The van der Waals surface area contributed by atoms with Crippen molar-refractivity contribution in [1.29, 1.82) is 0 Å². The average molecular weight is 221 g/mol. The van der Waals surface area contributed by atoms with Crippen LogP contribution in [0.5, 0.6) is 0 Å². The average Bonchev–Trinajstić information content (AvgIpc) is 2.29. The molecule has 0 saturated carbocycles. The third-order valence-electron chi connectivity index (χ3n) is 2.97. The van der Waals surface area contributed by atoms with Crippen LogP contribution in [0.1, 0.15) is 19.4 Å². The van der Waals surface area contributed by atoms with Gasteiger partial charge in [0.15, 0.2) is 0 Å². The van der Waals surface area contributed by atoms with Crippen LogP contribution in [0.4, 0.5) is 5.82 Å².